The number of carboxylic acid groups (broad SMARTS) is 1. The van der Waals surface area contributed by atoms with Gasteiger partial charge in [0.2, 0.25) is 0 Å². The van der Waals surface area contributed by atoms with Crippen LogP contribution in [0, 0.1) is 12.7 Å². The van der Waals surface area contributed by atoms with Gasteiger partial charge < -0.3 is 16.2 Å². The smallest absolute Gasteiger partial charge is 0.337 e. The van der Waals surface area contributed by atoms with Crippen molar-refractivity contribution >= 4 is 39.0 Å². The van der Waals surface area contributed by atoms with E-state index in [0.717, 1.165) is 16.1 Å². The van der Waals surface area contributed by atoms with Crippen molar-refractivity contribution in [1.82, 2.24) is 0 Å². The maximum atomic E-state index is 13.9. The van der Waals surface area contributed by atoms with Gasteiger partial charge in [0.1, 0.15) is 5.82 Å². The first-order valence-electron chi connectivity index (χ1n) is 5.74. The van der Waals surface area contributed by atoms with Crippen LogP contribution in [0.15, 0.2) is 34.8 Å². The minimum atomic E-state index is -1.20. The highest BCUT2D eigenvalue weighted by Crippen LogP contribution is 2.30. The van der Waals surface area contributed by atoms with E-state index in [0.29, 0.717) is 5.69 Å². The Kier molecular flexibility index (Phi) is 3.94. The molecule has 0 heterocycles. The first kappa shape index (κ1) is 14.3. The average molecular weight is 339 g/mol. The number of halogens is 2. The molecule has 0 spiro atoms. The lowest BCUT2D eigenvalue weighted by molar-refractivity contribution is 0.0698. The van der Waals surface area contributed by atoms with E-state index in [1.807, 2.05) is 25.1 Å². The summed E-state index contributed by atoms with van der Waals surface area (Å²) in [6.07, 6.45) is 0. The summed E-state index contributed by atoms with van der Waals surface area (Å²) >= 11 is 3.35. The molecular weight excluding hydrogens is 327 g/mol. The molecule has 2 rings (SSSR count). The standard InChI is InChI=1S/C14H12BrFN2O2/c1-7-2-3-9(15)12(4-7)18-13-5-8(14(19)20)11(17)6-10(13)16/h2-6,18H,17H2,1H3,(H,19,20). The summed E-state index contributed by atoms with van der Waals surface area (Å²) in [6, 6.07) is 7.72. The van der Waals surface area contributed by atoms with Gasteiger partial charge in [-0.15, -0.1) is 0 Å². The molecule has 20 heavy (non-hydrogen) atoms. The molecule has 104 valence electrons. The van der Waals surface area contributed by atoms with Crippen molar-refractivity contribution < 1.29 is 14.3 Å². The zero-order valence-corrected chi connectivity index (χ0v) is 12.2. The van der Waals surface area contributed by atoms with E-state index < -0.39 is 11.8 Å². The van der Waals surface area contributed by atoms with Crippen LogP contribution < -0.4 is 11.1 Å². The molecular formula is C14H12BrFN2O2. The second kappa shape index (κ2) is 5.50. The maximum absolute atomic E-state index is 13.9. The molecule has 0 fully saturated rings. The zero-order chi connectivity index (χ0) is 14.9. The predicted octanol–water partition coefficient (Wildman–Crippen LogP) is 3.92. The monoisotopic (exact) mass is 338 g/mol. The van der Waals surface area contributed by atoms with E-state index in [-0.39, 0.29) is 16.9 Å². The molecule has 0 aliphatic heterocycles. The van der Waals surface area contributed by atoms with Crippen molar-refractivity contribution in [3.63, 3.8) is 0 Å². The largest absolute Gasteiger partial charge is 0.478 e. The molecule has 4 nitrogen and oxygen atoms in total. The van der Waals surface area contributed by atoms with Gasteiger partial charge in [0.05, 0.1) is 16.9 Å². The lowest BCUT2D eigenvalue weighted by Crippen LogP contribution is -2.05. The normalized spacial score (nSPS) is 10.3. The van der Waals surface area contributed by atoms with E-state index >= 15 is 0 Å². The number of nitrogen functional groups attached to an aromatic ring is 1. The fourth-order valence-electron chi connectivity index (χ4n) is 1.75. The molecule has 4 N–H and O–H groups in total. The van der Waals surface area contributed by atoms with Gasteiger partial charge in [0.25, 0.3) is 0 Å². The summed E-state index contributed by atoms with van der Waals surface area (Å²) in [5.41, 5.74) is 6.92. The first-order chi connectivity index (χ1) is 9.38. The third kappa shape index (κ3) is 2.91. The molecule has 0 saturated carbocycles. The van der Waals surface area contributed by atoms with Crippen molar-refractivity contribution in [1.29, 1.82) is 0 Å². The van der Waals surface area contributed by atoms with Gasteiger partial charge in [0, 0.05) is 10.2 Å². The summed E-state index contributed by atoms with van der Waals surface area (Å²) in [5, 5.41) is 11.9. The Hall–Kier alpha value is -2.08. The van der Waals surface area contributed by atoms with Crippen molar-refractivity contribution in [2.75, 3.05) is 11.1 Å². The van der Waals surface area contributed by atoms with Crippen molar-refractivity contribution in [2.45, 2.75) is 6.92 Å². The number of carboxylic acids is 1. The molecule has 0 radical (unpaired) electrons. The SMILES string of the molecule is Cc1ccc(Br)c(Nc2cc(C(=O)O)c(N)cc2F)c1. The molecule has 2 aromatic rings. The van der Waals surface area contributed by atoms with Gasteiger partial charge in [-0.2, -0.15) is 0 Å². The predicted molar refractivity (Wildman–Crippen MR) is 79.9 cm³/mol. The van der Waals surface area contributed by atoms with Gasteiger partial charge in [-0.1, -0.05) is 6.07 Å². The van der Waals surface area contributed by atoms with Crippen LogP contribution in [0.4, 0.5) is 21.5 Å². The molecule has 0 aromatic heterocycles. The number of hydrogen-bond acceptors (Lipinski definition) is 3. The number of rotatable bonds is 3. The number of nitrogens with two attached hydrogens (primary N) is 1. The summed E-state index contributed by atoms with van der Waals surface area (Å²) in [5.74, 6) is -1.81. The van der Waals surface area contributed by atoms with Gasteiger partial charge in [-0.05, 0) is 52.7 Å². The average Bonchev–Trinajstić information content (AvgIpc) is 2.36. The minimum Gasteiger partial charge on any atom is -0.478 e. The molecule has 0 amide bonds. The number of aromatic carboxylic acids is 1. The van der Waals surface area contributed by atoms with E-state index in [4.69, 9.17) is 10.8 Å². The topological polar surface area (TPSA) is 75.3 Å². The highest BCUT2D eigenvalue weighted by molar-refractivity contribution is 9.10. The number of anilines is 3. The Balaban J connectivity index is 2.45. The van der Waals surface area contributed by atoms with Gasteiger partial charge in [-0.3, -0.25) is 0 Å². The van der Waals surface area contributed by atoms with E-state index in [2.05, 4.69) is 21.2 Å². The molecule has 0 atom stereocenters. The summed E-state index contributed by atoms with van der Waals surface area (Å²) in [4.78, 5) is 11.0. The van der Waals surface area contributed by atoms with Crippen LogP contribution in [0.5, 0.6) is 0 Å². The molecule has 6 heteroatoms. The lowest BCUT2D eigenvalue weighted by Gasteiger charge is -2.12. The van der Waals surface area contributed by atoms with Gasteiger partial charge in [0.15, 0.2) is 0 Å². The van der Waals surface area contributed by atoms with Gasteiger partial charge in [-0.25, -0.2) is 9.18 Å². The Bertz CT molecular complexity index is 689. The van der Waals surface area contributed by atoms with Crippen LogP contribution >= 0.6 is 15.9 Å². The summed E-state index contributed by atoms with van der Waals surface area (Å²) in [7, 11) is 0. The van der Waals surface area contributed by atoms with Gasteiger partial charge >= 0.3 is 5.97 Å². The highest BCUT2D eigenvalue weighted by Gasteiger charge is 2.14. The molecule has 0 aliphatic rings. The Labute approximate surface area is 123 Å². The number of carbonyl (C=O) groups is 1. The summed E-state index contributed by atoms with van der Waals surface area (Å²) in [6.45, 7) is 1.90. The number of aryl methyl sites for hydroxylation is 1. The second-order valence-electron chi connectivity index (χ2n) is 4.33. The van der Waals surface area contributed by atoms with Crippen LogP contribution in [-0.2, 0) is 0 Å². The highest BCUT2D eigenvalue weighted by atomic mass is 79.9. The minimum absolute atomic E-state index is 0.0582. The van der Waals surface area contributed by atoms with Crippen molar-refractivity contribution in [3.05, 3.63) is 51.7 Å². The van der Waals surface area contributed by atoms with E-state index in [1.54, 1.807) is 0 Å². The molecule has 2 aromatic carbocycles. The Morgan fingerprint density at radius 3 is 2.65 bits per heavy atom. The molecule has 0 unspecified atom stereocenters. The lowest BCUT2D eigenvalue weighted by atomic mass is 10.1. The quantitative estimate of drug-likeness (QED) is 0.741. The maximum Gasteiger partial charge on any atom is 0.337 e. The third-order valence-electron chi connectivity index (χ3n) is 2.76. The van der Waals surface area contributed by atoms with Crippen LogP contribution in [0.25, 0.3) is 0 Å². The van der Waals surface area contributed by atoms with E-state index in [1.165, 1.54) is 6.07 Å². The van der Waals surface area contributed by atoms with Crippen molar-refractivity contribution in [2.24, 2.45) is 0 Å². The fraction of sp³-hybridized carbons (Fsp3) is 0.0714. The van der Waals surface area contributed by atoms with Crippen LogP contribution in [0.2, 0.25) is 0 Å². The number of nitrogens with one attached hydrogen (secondary N) is 1. The van der Waals surface area contributed by atoms with Crippen LogP contribution in [0.3, 0.4) is 0 Å². The zero-order valence-electron chi connectivity index (χ0n) is 10.6. The molecule has 0 bridgehead atoms. The molecule has 0 aliphatic carbocycles. The molecule has 0 saturated heterocycles. The van der Waals surface area contributed by atoms with E-state index in [9.17, 15) is 9.18 Å². The Morgan fingerprint density at radius 1 is 1.30 bits per heavy atom. The third-order valence-corrected chi connectivity index (χ3v) is 3.45. The number of hydrogen-bond donors (Lipinski definition) is 3. The van der Waals surface area contributed by atoms with Crippen molar-refractivity contribution in [3.8, 4) is 0 Å². The Morgan fingerprint density at radius 2 is 2.00 bits per heavy atom. The summed E-state index contributed by atoms with van der Waals surface area (Å²) < 4.78 is 14.6. The first-order valence-corrected chi connectivity index (χ1v) is 6.53. The second-order valence-corrected chi connectivity index (χ2v) is 5.19. The fourth-order valence-corrected chi connectivity index (χ4v) is 2.10. The van der Waals surface area contributed by atoms with Crippen LogP contribution in [-0.4, -0.2) is 11.1 Å². The number of benzene rings is 2. The van der Waals surface area contributed by atoms with Crippen LogP contribution in [0.1, 0.15) is 15.9 Å².